The first-order valence-electron chi connectivity index (χ1n) is 9.86. The molecule has 0 radical (unpaired) electrons. The summed E-state index contributed by atoms with van der Waals surface area (Å²) in [6.45, 7) is 5.89. The molecule has 1 amide bonds. The molecular weight excluding hydrogens is 479 g/mol. The smallest absolute Gasteiger partial charge is 0.261 e. The lowest BCUT2D eigenvalue weighted by Crippen LogP contribution is -2.25. The number of aryl methyl sites for hydroxylation is 1. The van der Waals surface area contributed by atoms with Crippen molar-refractivity contribution in [1.82, 2.24) is 15.2 Å². The van der Waals surface area contributed by atoms with E-state index in [4.69, 9.17) is 9.47 Å². The largest absolute Gasteiger partial charge is 0.493 e. The molecule has 0 saturated carbocycles. The Morgan fingerprint density at radius 1 is 1.19 bits per heavy atom. The first-order chi connectivity index (χ1) is 15.3. The van der Waals surface area contributed by atoms with Crippen LogP contribution in [0.5, 0.6) is 11.5 Å². The third kappa shape index (κ3) is 5.73. The van der Waals surface area contributed by atoms with E-state index in [1.54, 1.807) is 43.0 Å². The summed E-state index contributed by atoms with van der Waals surface area (Å²) < 4.78 is 26.8. The molecule has 0 aliphatic rings. The second-order valence-electron chi connectivity index (χ2n) is 7.16. The Hall–Kier alpha value is -3.20. The van der Waals surface area contributed by atoms with Crippen LogP contribution in [0.3, 0.4) is 0 Å². The number of aromatic nitrogens is 2. The van der Waals surface area contributed by atoms with Crippen LogP contribution in [0.25, 0.3) is 0 Å². The van der Waals surface area contributed by atoms with Crippen molar-refractivity contribution in [3.8, 4) is 11.5 Å². The number of hydrazone groups is 1. The Labute approximate surface area is 194 Å². The summed E-state index contributed by atoms with van der Waals surface area (Å²) in [6, 6.07) is 11.5. The van der Waals surface area contributed by atoms with E-state index >= 15 is 0 Å². The van der Waals surface area contributed by atoms with Gasteiger partial charge in [-0.25, -0.2) is 9.82 Å². The number of methoxy groups -OCH3 is 1. The van der Waals surface area contributed by atoms with Crippen LogP contribution in [0, 0.1) is 19.7 Å². The third-order valence-corrected chi connectivity index (χ3v) is 5.97. The Bertz CT molecular complexity index is 1140. The van der Waals surface area contributed by atoms with Crippen molar-refractivity contribution in [3.63, 3.8) is 0 Å². The van der Waals surface area contributed by atoms with E-state index in [9.17, 15) is 9.18 Å². The van der Waals surface area contributed by atoms with Crippen molar-refractivity contribution in [2.45, 2.75) is 33.9 Å². The molecule has 1 N–H and O–H groups in total. The van der Waals surface area contributed by atoms with Crippen molar-refractivity contribution in [2.24, 2.45) is 5.10 Å². The fraction of sp³-hybridized carbons (Fsp3) is 0.261. The van der Waals surface area contributed by atoms with Crippen molar-refractivity contribution in [1.29, 1.82) is 0 Å². The number of halogens is 2. The molecule has 32 heavy (non-hydrogen) atoms. The molecule has 168 valence electrons. The first kappa shape index (κ1) is 23.5. The molecule has 3 aromatic rings. The van der Waals surface area contributed by atoms with Crippen LogP contribution in [0.1, 0.15) is 29.4 Å². The number of carbonyl (C=O) groups excluding carboxylic acids is 1. The van der Waals surface area contributed by atoms with Gasteiger partial charge in [0, 0.05) is 5.56 Å². The number of nitrogens with one attached hydrogen (secondary N) is 1. The molecule has 2 aromatic carbocycles. The van der Waals surface area contributed by atoms with Crippen LogP contribution >= 0.6 is 15.9 Å². The molecule has 0 saturated heterocycles. The van der Waals surface area contributed by atoms with Crippen molar-refractivity contribution < 1.29 is 18.7 Å². The van der Waals surface area contributed by atoms with Gasteiger partial charge in [-0.1, -0.05) is 12.1 Å². The average Bonchev–Trinajstić information content (AvgIpc) is 3.03. The molecule has 0 bridgehead atoms. The second-order valence-corrected chi connectivity index (χ2v) is 7.95. The minimum Gasteiger partial charge on any atom is -0.493 e. The normalized spacial score (nSPS) is 11.4. The molecular formula is C23H24BrFN4O3. The van der Waals surface area contributed by atoms with E-state index in [1.807, 2.05) is 19.9 Å². The van der Waals surface area contributed by atoms with E-state index in [2.05, 4.69) is 31.6 Å². The molecule has 0 unspecified atom stereocenters. The van der Waals surface area contributed by atoms with E-state index in [1.165, 1.54) is 12.1 Å². The topological polar surface area (TPSA) is 77.7 Å². The molecule has 0 aliphatic carbocycles. The van der Waals surface area contributed by atoms with E-state index in [-0.39, 0.29) is 24.9 Å². The van der Waals surface area contributed by atoms with Gasteiger partial charge in [0.15, 0.2) is 11.5 Å². The number of rotatable bonds is 8. The van der Waals surface area contributed by atoms with Crippen LogP contribution in [0.4, 0.5) is 4.39 Å². The zero-order chi connectivity index (χ0) is 23.3. The van der Waals surface area contributed by atoms with Gasteiger partial charge >= 0.3 is 0 Å². The summed E-state index contributed by atoms with van der Waals surface area (Å²) in [5, 5.41) is 8.51. The highest BCUT2D eigenvalue weighted by Gasteiger charge is 2.12. The summed E-state index contributed by atoms with van der Waals surface area (Å²) in [5.41, 5.74) is 6.47. The lowest BCUT2D eigenvalue weighted by molar-refractivity contribution is -0.121. The lowest BCUT2D eigenvalue weighted by atomic mass is 10.1. The molecule has 9 heteroatoms. The highest BCUT2D eigenvalue weighted by atomic mass is 79.9. The Balaban J connectivity index is 1.64. The van der Waals surface area contributed by atoms with Gasteiger partial charge < -0.3 is 9.47 Å². The SMILES string of the molecule is COc1cc(C(C)=NNC(=O)Cn2nc(C)c(Br)c2C)ccc1OCc1ccc(F)cc1. The number of hydrogen-bond acceptors (Lipinski definition) is 5. The predicted octanol–water partition coefficient (Wildman–Crippen LogP) is 4.53. The summed E-state index contributed by atoms with van der Waals surface area (Å²) in [5.74, 6) is 0.499. The maximum atomic E-state index is 13.0. The van der Waals surface area contributed by atoms with Gasteiger partial charge in [-0.05, 0) is 72.6 Å². The quantitative estimate of drug-likeness (QED) is 0.362. The van der Waals surface area contributed by atoms with Crippen molar-refractivity contribution in [2.75, 3.05) is 7.11 Å². The molecule has 0 atom stereocenters. The standard InChI is InChI=1S/C23H24BrFN4O3/c1-14(26-27-22(30)12-29-16(3)23(24)15(2)28-29)18-7-10-20(21(11-18)31-4)32-13-17-5-8-19(25)9-6-17/h5-11H,12-13H2,1-4H3,(H,27,30). The number of carbonyl (C=O) groups is 1. The van der Waals surface area contributed by atoms with Crippen LogP contribution in [-0.2, 0) is 17.9 Å². The monoisotopic (exact) mass is 502 g/mol. The van der Waals surface area contributed by atoms with Crippen molar-refractivity contribution in [3.05, 3.63) is 75.3 Å². The average molecular weight is 503 g/mol. The van der Waals surface area contributed by atoms with E-state index < -0.39 is 0 Å². The molecule has 1 aromatic heterocycles. The van der Waals surface area contributed by atoms with Gasteiger partial charge in [-0.2, -0.15) is 10.2 Å². The Kier molecular flexibility index (Phi) is 7.63. The van der Waals surface area contributed by atoms with Gasteiger partial charge in [0.2, 0.25) is 0 Å². The van der Waals surface area contributed by atoms with Gasteiger partial charge in [0.1, 0.15) is 19.0 Å². The van der Waals surface area contributed by atoms with E-state index in [0.29, 0.717) is 17.2 Å². The number of hydrogen-bond donors (Lipinski definition) is 1. The minimum atomic E-state index is -0.291. The maximum Gasteiger partial charge on any atom is 0.261 e. The maximum absolute atomic E-state index is 13.0. The molecule has 1 heterocycles. The first-order valence-corrected chi connectivity index (χ1v) is 10.7. The van der Waals surface area contributed by atoms with E-state index in [0.717, 1.165) is 27.0 Å². The third-order valence-electron chi connectivity index (χ3n) is 4.82. The Morgan fingerprint density at radius 2 is 1.91 bits per heavy atom. The number of ether oxygens (including phenoxy) is 2. The zero-order valence-electron chi connectivity index (χ0n) is 18.3. The highest BCUT2D eigenvalue weighted by Crippen LogP contribution is 2.29. The summed E-state index contributed by atoms with van der Waals surface area (Å²) in [7, 11) is 1.55. The number of benzene rings is 2. The number of nitrogens with zero attached hydrogens (tertiary/aromatic N) is 3. The fourth-order valence-corrected chi connectivity index (χ4v) is 3.25. The molecule has 0 fully saturated rings. The predicted molar refractivity (Wildman–Crippen MR) is 123 cm³/mol. The summed E-state index contributed by atoms with van der Waals surface area (Å²) in [6.07, 6.45) is 0. The molecule has 7 nitrogen and oxygen atoms in total. The summed E-state index contributed by atoms with van der Waals surface area (Å²) in [4.78, 5) is 12.3. The molecule has 0 spiro atoms. The number of amides is 1. The second kappa shape index (κ2) is 10.4. The van der Waals surface area contributed by atoms with Gasteiger partial charge in [0.05, 0.1) is 28.7 Å². The van der Waals surface area contributed by atoms with Gasteiger partial charge in [-0.15, -0.1) is 0 Å². The van der Waals surface area contributed by atoms with Crippen LogP contribution in [0.2, 0.25) is 0 Å². The molecule has 0 aliphatic heterocycles. The Morgan fingerprint density at radius 3 is 2.53 bits per heavy atom. The van der Waals surface area contributed by atoms with Crippen LogP contribution in [0.15, 0.2) is 52.0 Å². The van der Waals surface area contributed by atoms with Gasteiger partial charge in [-0.3, -0.25) is 9.48 Å². The lowest BCUT2D eigenvalue weighted by Gasteiger charge is -2.12. The van der Waals surface area contributed by atoms with Crippen LogP contribution < -0.4 is 14.9 Å². The van der Waals surface area contributed by atoms with Crippen molar-refractivity contribution >= 4 is 27.5 Å². The molecule has 3 rings (SSSR count). The summed E-state index contributed by atoms with van der Waals surface area (Å²) >= 11 is 3.45. The van der Waals surface area contributed by atoms with Crippen LogP contribution in [-0.4, -0.2) is 28.5 Å². The minimum absolute atomic E-state index is 0.0640. The highest BCUT2D eigenvalue weighted by molar-refractivity contribution is 9.10. The zero-order valence-corrected chi connectivity index (χ0v) is 19.9. The fourth-order valence-electron chi connectivity index (χ4n) is 2.96. The van der Waals surface area contributed by atoms with Gasteiger partial charge in [0.25, 0.3) is 5.91 Å².